The summed E-state index contributed by atoms with van der Waals surface area (Å²) in [7, 11) is 0. The first-order valence-electron chi connectivity index (χ1n) is 6.49. The molecular formula is C16H17ClINO. The molecule has 0 heterocycles. The van der Waals surface area contributed by atoms with Gasteiger partial charge in [0, 0.05) is 15.7 Å². The first-order valence-corrected chi connectivity index (χ1v) is 7.95. The van der Waals surface area contributed by atoms with Crippen molar-refractivity contribution in [3.05, 3.63) is 56.6 Å². The molecule has 0 radical (unpaired) electrons. The van der Waals surface area contributed by atoms with Gasteiger partial charge < -0.3 is 10.1 Å². The van der Waals surface area contributed by atoms with E-state index in [4.69, 9.17) is 16.3 Å². The van der Waals surface area contributed by atoms with Gasteiger partial charge in [0.05, 0.1) is 16.8 Å². The van der Waals surface area contributed by atoms with Crippen molar-refractivity contribution in [1.29, 1.82) is 0 Å². The van der Waals surface area contributed by atoms with Crippen LogP contribution in [-0.4, -0.2) is 6.10 Å². The van der Waals surface area contributed by atoms with E-state index in [0.717, 1.165) is 25.6 Å². The zero-order chi connectivity index (χ0) is 14.5. The Labute approximate surface area is 138 Å². The molecule has 0 aliphatic heterocycles. The van der Waals surface area contributed by atoms with Gasteiger partial charge in [-0.15, -0.1) is 0 Å². The predicted molar refractivity (Wildman–Crippen MR) is 93.7 cm³/mol. The number of rotatable bonds is 5. The molecule has 0 bridgehead atoms. The monoisotopic (exact) mass is 401 g/mol. The Balaban J connectivity index is 2.10. The van der Waals surface area contributed by atoms with Gasteiger partial charge in [0.15, 0.2) is 0 Å². The summed E-state index contributed by atoms with van der Waals surface area (Å²) in [4.78, 5) is 0. The lowest BCUT2D eigenvalue weighted by Crippen LogP contribution is -2.09. The molecule has 4 heteroatoms. The van der Waals surface area contributed by atoms with E-state index in [9.17, 15) is 0 Å². The standard InChI is InChI=1S/C16H17ClINO/c1-11(2)20-16-6-4-3-5-12(16)10-19-15-8-7-13(18)9-14(15)17/h3-9,11,19H,10H2,1-2H3. The molecule has 20 heavy (non-hydrogen) atoms. The predicted octanol–water partition coefficient (Wildman–Crippen LogP) is 5.34. The summed E-state index contributed by atoms with van der Waals surface area (Å²) in [5.74, 6) is 0.914. The summed E-state index contributed by atoms with van der Waals surface area (Å²) in [6.07, 6.45) is 0.165. The molecule has 0 atom stereocenters. The van der Waals surface area contributed by atoms with E-state index in [1.807, 2.05) is 50.2 Å². The minimum absolute atomic E-state index is 0.165. The molecule has 0 unspecified atom stereocenters. The van der Waals surface area contributed by atoms with E-state index in [1.165, 1.54) is 0 Å². The average Bonchev–Trinajstić information content (AvgIpc) is 2.39. The maximum Gasteiger partial charge on any atom is 0.124 e. The van der Waals surface area contributed by atoms with Crippen LogP contribution < -0.4 is 10.1 Å². The Morgan fingerprint density at radius 3 is 2.65 bits per heavy atom. The van der Waals surface area contributed by atoms with E-state index < -0.39 is 0 Å². The van der Waals surface area contributed by atoms with Crippen molar-refractivity contribution in [2.24, 2.45) is 0 Å². The Morgan fingerprint density at radius 1 is 1.20 bits per heavy atom. The van der Waals surface area contributed by atoms with Gasteiger partial charge >= 0.3 is 0 Å². The lowest BCUT2D eigenvalue weighted by Gasteiger charge is -2.15. The summed E-state index contributed by atoms with van der Waals surface area (Å²) in [5, 5.41) is 4.09. The van der Waals surface area contributed by atoms with Crippen LogP contribution in [0, 0.1) is 3.57 Å². The molecule has 0 fully saturated rings. The van der Waals surface area contributed by atoms with E-state index in [1.54, 1.807) is 0 Å². The molecule has 0 aliphatic carbocycles. The molecule has 2 nitrogen and oxygen atoms in total. The molecule has 2 aromatic carbocycles. The van der Waals surface area contributed by atoms with Crippen molar-refractivity contribution in [2.45, 2.75) is 26.5 Å². The smallest absolute Gasteiger partial charge is 0.124 e. The number of ether oxygens (including phenoxy) is 1. The Bertz CT molecular complexity index is 586. The van der Waals surface area contributed by atoms with Crippen LogP contribution in [-0.2, 0) is 6.54 Å². The third-order valence-corrected chi connectivity index (χ3v) is 3.72. The molecule has 0 amide bonds. The molecule has 0 aliphatic rings. The highest BCUT2D eigenvalue weighted by Gasteiger charge is 2.06. The van der Waals surface area contributed by atoms with Gasteiger partial charge in [-0.25, -0.2) is 0 Å². The highest BCUT2D eigenvalue weighted by Crippen LogP contribution is 2.26. The number of anilines is 1. The zero-order valence-corrected chi connectivity index (χ0v) is 14.4. The van der Waals surface area contributed by atoms with Gasteiger partial charge in [0.25, 0.3) is 0 Å². The first kappa shape index (κ1) is 15.4. The Morgan fingerprint density at radius 2 is 1.95 bits per heavy atom. The maximum absolute atomic E-state index is 6.22. The van der Waals surface area contributed by atoms with Gasteiger partial charge in [-0.1, -0.05) is 29.8 Å². The van der Waals surface area contributed by atoms with Crippen LogP contribution >= 0.6 is 34.2 Å². The number of benzene rings is 2. The van der Waals surface area contributed by atoms with Crippen molar-refractivity contribution in [2.75, 3.05) is 5.32 Å². The van der Waals surface area contributed by atoms with Gasteiger partial charge in [0.2, 0.25) is 0 Å². The second-order valence-electron chi connectivity index (χ2n) is 4.75. The summed E-state index contributed by atoms with van der Waals surface area (Å²) >= 11 is 8.47. The van der Waals surface area contributed by atoms with E-state index in [0.29, 0.717) is 6.54 Å². The van der Waals surface area contributed by atoms with Gasteiger partial charge in [-0.3, -0.25) is 0 Å². The zero-order valence-electron chi connectivity index (χ0n) is 11.5. The number of para-hydroxylation sites is 1. The van der Waals surface area contributed by atoms with E-state index in [2.05, 4.69) is 34.0 Å². The van der Waals surface area contributed by atoms with Crippen LogP contribution in [0.2, 0.25) is 5.02 Å². The number of halogens is 2. The third kappa shape index (κ3) is 4.28. The molecule has 0 aromatic heterocycles. The molecule has 0 saturated heterocycles. The van der Waals surface area contributed by atoms with Crippen LogP contribution in [0.5, 0.6) is 5.75 Å². The maximum atomic E-state index is 6.22. The summed E-state index contributed by atoms with van der Waals surface area (Å²) < 4.78 is 6.94. The second kappa shape index (κ2) is 7.18. The van der Waals surface area contributed by atoms with Crippen molar-refractivity contribution in [3.8, 4) is 5.75 Å². The lowest BCUT2D eigenvalue weighted by molar-refractivity contribution is 0.240. The first-order chi connectivity index (χ1) is 9.56. The quantitative estimate of drug-likeness (QED) is 0.683. The number of hydrogen-bond acceptors (Lipinski definition) is 2. The van der Waals surface area contributed by atoms with Crippen LogP contribution in [0.1, 0.15) is 19.4 Å². The molecule has 0 spiro atoms. The largest absolute Gasteiger partial charge is 0.491 e. The topological polar surface area (TPSA) is 21.3 Å². The molecule has 2 aromatic rings. The molecule has 106 valence electrons. The Kier molecular flexibility index (Phi) is 5.54. The molecule has 0 saturated carbocycles. The summed E-state index contributed by atoms with van der Waals surface area (Å²) in [6.45, 7) is 4.74. The second-order valence-corrected chi connectivity index (χ2v) is 6.40. The van der Waals surface area contributed by atoms with E-state index >= 15 is 0 Å². The fraction of sp³-hybridized carbons (Fsp3) is 0.250. The SMILES string of the molecule is CC(C)Oc1ccccc1CNc1ccc(I)cc1Cl. The third-order valence-electron chi connectivity index (χ3n) is 2.74. The summed E-state index contributed by atoms with van der Waals surface area (Å²) in [6, 6.07) is 14.0. The van der Waals surface area contributed by atoms with Gasteiger partial charge in [-0.2, -0.15) is 0 Å². The minimum atomic E-state index is 0.165. The van der Waals surface area contributed by atoms with Crippen LogP contribution in [0.15, 0.2) is 42.5 Å². The van der Waals surface area contributed by atoms with Crippen LogP contribution in [0.25, 0.3) is 0 Å². The molecular weight excluding hydrogens is 385 g/mol. The van der Waals surface area contributed by atoms with Crippen molar-refractivity contribution >= 4 is 39.9 Å². The summed E-state index contributed by atoms with van der Waals surface area (Å²) in [5.41, 5.74) is 2.06. The van der Waals surface area contributed by atoms with Crippen molar-refractivity contribution in [1.82, 2.24) is 0 Å². The van der Waals surface area contributed by atoms with Gasteiger partial charge in [-0.05, 0) is 60.7 Å². The van der Waals surface area contributed by atoms with Crippen molar-refractivity contribution < 1.29 is 4.74 Å². The highest BCUT2D eigenvalue weighted by molar-refractivity contribution is 14.1. The number of nitrogens with one attached hydrogen (secondary N) is 1. The van der Waals surface area contributed by atoms with E-state index in [-0.39, 0.29) is 6.10 Å². The average molecular weight is 402 g/mol. The minimum Gasteiger partial charge on any atom is -0.491 e. The lowest BCUT2D eigenvalue weighted by atomic mass is 10.2. The fourth-order valence-corrected chi connectivity index (χ4v) is 2.76. The van der Waals surface area contributed by atoms with Crippen molar-refractivity contribution in [3.63, 3.8) is 0 Å². The van der Waals surface area contributed by atoms with Crippen LogP contribution in [0.3, 0.4) is 0 Å². The number of hydrogen-bond donors (Lipinski definition) is 1. The normalized spacial score (nSPS) is 10.7. The molecule has 1 N–H and O–H groups in total. The fourth-order valence-electron chi connectivity index (χ4n) is 1.84. The van der Waals surface area contributed by atoms with Gasteiger partial charge in [0.1, 0.15) is 5.75 Å². The van der Waals surface area contributed by atoms with Crippen LogP contribution in [0.4, 0.5) is 5.69 Å². The highest BCUT2D eigenvalue weighted by atomic mass is 127. The Hall–Kier alpha value is -0.940. The molecule has 2 rings (SSSR count).